The summed E-state index contributed by atoms with van der Waals surface area (Å²) >= 11 is 0. The highest BCUT2D eigenvalue weighted by atomic mass is 16.6. The van der Waals surface area contributed by atoms with Crippen LogP contribution in [0.1, 0.15) is 26.7 Å². The molecule has 0 bridgehead atoms. The van der Waals surface area contributed by atoms with Gasteiger partial charge in [0, 0.05) is 13.0 Å². The van der Waals surface area contributed by atoms with Gasteiger partial charge in [0.05, 0.1) is 12.7 Å². The third-order valence-electron chi connectivity index (χ3n) is 1.09. The molecule has 0 amide bonds. The molecule has 0 aliphatic heterocycles. The number of nitrogens with one attached hydrogen (secondary N) is 1. The van der Waals surface area contributed by atoms with Gasteiger partial charge >= 0.3 is 0 Å². The van der Waals surface area contributed by atoms with E-state index in [4.69, 9.17) is 10.1 Å². The average molecular weight is 156 g/mol. The van der Waals surface area contributed by atoms with Crippen molar-refractivity contribution in [3.05, 3.63) is 0 Å². The zero-order valence-corrected chi connectivity index (χ0v) is 7.26. The monoisotopic (exact) mass is 156 g/mol. The van der Waals surface area contributed by atoms with E-state index in [9.17, 15) is 0 Å². The van der Waals surface area contributed by atoms with Gasteiger partial charge in [-0.2, -0.15) is 5.26 Å². The first-order valence-electron chi connectivity index (χ1n) is 3.99. The van der Waals surface area contributed by atoms with Crippen molar-refractivity contribution in [1.29, 1.82) is 5.26 Å². The largest absolute Gasteiger partial charge is 0.302 e. The standard InChI is InChI=1S/C8H16N2O/c1-8(2)7-11-10-6-4-3-5-9/h8,10H,3-4,6-7H2,1-2H3. The van der Waals surface area contributed by atoms with Crippen molar-refractivity contribution in [2.24, 2.45) is 5.92 Å². The first kappa shape index (κ1) is 10.4. The van der Waals surface area contributed by atoms with Crippen molar-refractivity contribution >= 4 is 0 Å². The molecule has 0 aromatic carbocycles. The van der Waals surface area contributed by atoms with Gasteiger partial charge in [0.15, 0.2) is 0 Å². The second-order valence-corrected chi connectivity index (χ2v) is 2.86. The van der Waals surface area contributed by atoms with Gasteiger partial charge in [-0.15, -0.1) is 0 Å². The maximum atomic E-state index is 8.19. The van der Waals surface area contributed by atoms with E-state index in [-0.39, 0.29) is 0 Å². The molecule has 0 rings (SSSR count). The van der Waals surface area contributed by atoms with E-state index in [0.29, 0.717) is 12.3 Å². The Labute approximate surface area is 68.3 Å². The molecular weight excluding hydrogens is 140 g/mol. The van der Waals surface area contributed by atoms with Gasteiger partial charge in [-0.1, -0.05) is 13.8 Å². The van der Waals surface area contributed by atoms with Crippen molar-refractivity contribution < 1.29 is 4.84 Å². The van der Waals surface area contributed by atoms with E-state index in [1.54, 1.807) is 0 Å². The summed E-state index contributed by atoms with van der Waals surface area (Å²) in [6, 6.07) is 2.07. The van der Waals surface area contributed by atoms with Crippen LogP contribution < -0.4 is 5.48 Å². The molecule has 64 valence electrons. The van der Waals surface area contributed by atoms with Crippen LogP contribution in [-0.4, -0.2) is 13.2 Å². The minimum Gasteiger partial charge on any atom is -0.302 e. The molecule has 0 atom stereocenters. The number of rotatable bonds is 6. The Morgan fingerprint density at radius 1 is 1.55 bits per heavy atom. The topological polar surface area (TPSA) is 45.0 Å². The van der Waals surface area contributed by atoms with E-state index >= 15 is 0 Å². The number of hydrogen-bond donors (Lipinski definition) is 1. The quantitative estimate of drug-likeness (QED) is 0.468. The van der Waals surface area contributed by atoms with Crippen LogP contribution in [0.5, 0.6) is 0 Å². The van der Waals surface area contributed by atoms with Gasteiger partial charge in [0.25, 0.3) is 0 Å². The molecule has 0 saturated heterocycles. The minimum atomic E-state index is 0.554. The first-order valence-corrected chi connectivity index (χ1v) is 3.99. The normalized spacial score (nSPS) is 10.0. The van der Waals surface area contributed by atoms with Crippen molar-refractivity contribution in [2.75, 3.05) is 13.2 Å². The van der Waals surface area contributed by atoms with E-state index in [1.165, 1.54) is 0 Å². The third kappa shape index (κ3) is 9.41. The first-order chi connectivity index (χ1) is 5.27. The van der Waals surface area contributed by atoms with E-state index in [1.807, 2.05) is 0 Å². The molecule has 0 aromatic heterocycles. The predicted octanol–water partition coefficient (Wildman–Crippen LogP) is 1.47. The summed E-state index contributed by atoms with van der Waals surface area (Å²) in [4.78, 5) is 5.08. The molecule has 3 nitrogen and oxygen atoms in total. The Hall–Kier alpha value is -0.590. The molecule has 0 aliphatic rings. The fraction of sp³-hybridized carbons (Fsp3) is 0.875. The number of nitrogens with zero attached hydrogens (tertiary/aromatic N) is 1. The lowest BCUT2D eigenvalue weighted by Crippen LogP contribution is -2.18. The molecule has 11 heavy (non-hydrogen) atoms. The summed E-state index contributed by atoms with van der Waals surface area (Å²) in [5, 5.41) is 8.19. The van der Waals surface area contributed by atoms with Crippen LogP contribution in [0.2, 0.25) is 0 Å². The zero-order chi connectivity index (χ0) is 8.53. The van der Waals surface area contributed by atoms with Crippen LogP contribution in [0, 0.1) is 17.2 Å². The fourth-order valence-electron chi connectivity index (χ4n) is 0.537. The molecule has 0 aromatic rings. The third-order valence-corrected chi connectivity index (χ3v) is 1.09. The average Bonchev–Trinajstić information content (AvgIpc) is 1.96. The highest BCUT2D eigenvalue weighted by Crippen LogP contribution is 1.90. The van der Waals surface area contributed by atoms with Gasteiger partial charge in [-0.3, -0.25) is 0 Å². The number of hydrogen-bond acceptors (Lipinski definition) is 3. The molecule has 3 heteroatoms. The van der Waals surface area contributed by atoms with Gasteiger partial charge < -0.3 is 4.84 Å². The van der Waals surface area contributed by atoms with E-state index < -0.39 is 0 Å². The Morgan fingerprint density at radius 3 is 2.82 bits per heavy atom. The lowest BCUT2D eigenvalue weighted by atomic mass is 10.2. The van der Waals surface area contributed by atoms with Crippen LogP contribution in [0.4, 0.5) is 0 Å². The predicted molar refractivity (Wildman–Crippen MR) is 43.6 cm³/mol. The summed E-state index contributed by atoms with van der Waals surface area (Å²) in [5.41, 5.74) is 2.80. The molecule has 0 heterocycles. The smallest absolute Gasteiger partial charge is 0.0705 e. The highest BCUT2D eigenvalue weighted by molar-refractivity contribution is 4.67. The van der Waals surface area contributed by atoms with Gasteiger partial charge in [0.2, 0.25) is 0 Å². The van der Waals surface area contributed by atoms with Gasteiger partial charge in [-0.05, 0) is 12.3 Å². The lowest BCUT2D eigenvalue weighted by molar-refractivity contribution is 0.0237. The van der Waals surface area contributed by atoms with Crippen LogP contribution in [0.25, 0.3) is 0 Å². The van der Waals surface area contributed by atoms with Crippen molar-refractivity contribution in [1.82, 2.24) is 5.48 Å². The number of hydroxylamine groups is 1. The summed E-state index contributed by atoms with van der Waals surface area (Å²) in [5.74, 6) is 0.554. The maximum absolute atomic E-state index is 8.19. The molecule has 0 saturated carbocycles. The molecule has 0 radical (unpaired) electrons. The number of nitriles is 1. The Bertz CT molecular complexity index is 118. The highest BCUT2D eigenvalue weighted by Gasteiger charge is 1.92. The van der Waals surface area contributed by atoms with Gasteiger partial charge in [0.1, 0.15) is 0 Å². The Morgan fingerprint density at radius 2 is 2.27 bits per heavy atom. The van der Waals surface area contributed by atoms with E-state index in [0.717, 1.165) is 19.6 Å². The second-order valence-electron chi connectivity index (χ2n) is 2.86. The van der Waals surface area contributed by atoms with Gasteiger partial charge in [-0.25, -0.2) is 5.48 Å². The molecule has 0 unspecified atom stereocenters. The Kier molecular flexibility index (Phi) is 7.11. The van der Waals surface area contributed by atoms with Crippen LogP contribution in [0.3, 0.4) is 0 Å². The van der Waals surface area contributed by atoms with E-state index in [2.05, 4.69) is 25.4 Å². The second kappa shape index (κ2) is 7.52. The molecule has 0 fully saturated rings. The molecule has 0 aliphatic carbocycles. The molecular formula is C8H16N2O. The van der Waals surface area contributed by atoms with Crippen molar-refractivity contribution in [3.8, 4) is 6.07 Å². The van der Waals surface area contributed by atoms with Crippen LogP contribution in [-0.2, 0) is 4.84 Å². The van der Waals surface area contributed by atoms with Crippen LogP contribution >= 0.6 is 0 Å². The van der Waals surface area contributed by atoms with Crippen LogP contribution in [0.15, 0.2) is 0 Å². The molecule has 0 spiro atoms. The maximum Gasteiger partial charge on any atom is 0.0705 e. The summed E-state index contributed by atoms with van der Waals surface area (Å²) in [6.45, 7) is 5.68. The minimum absolute atomic E-state index is 0.554. The summed E-state index contributed by atoms with van der Waals surface area (Å²) in [6.07, 6.45) is 1.45. The summed E-state index contributed by atoms with van der Waals surface area (Å²) in [7, 11) is 0. The molecule has 1 N–H and O–H groups in total. The lowest BCUT2D eigenvalue weighted by Gasteiger charge is -2.06. The zero-order valence-electron chi connectivity index (χ0n) is 7.26. The number of unbranched alkanes of at least 4 members (excludes halogenated alkanes) is 1. The summed E-state index contributed by atoms with van der Waals surface area (Å²) < 4.78 is 0. The SMILES string of the molecule is CC(C)CONCCCC#N. The Balaban J connectivity index is 2.86. The van der Waals surface area contributed by atoms with Crippen molar-refractivity contribution in [3.63, 3.8) is 0 Å². The van der Waals surface area contributed by atoms with Crippen molar-refractivity contribution in [2.45, 2.75) is 26.7 Å². The fourth-order valence-corrected chi connectivity index (χ4v) is 0.537.